The summed E-state index contributed by atoms with van der Waals surface area (Å²) in [5, 5.41) is 22.5. The summed E-state index contributed by atoms with van der Waals surface area (Å²) in [5.74, 6) is -0.895. The molecular weight excluding hydrogens is 467 g/mol. The minimum atomic E-state index is -4.10. The topological polar surface area (TPSA) is 162 Å². The first-order chi connectivity index (χ1) is 16.2. The fraction of sp³-hybridized carbons (Fsp3) is 0.333. The number of carbonyl (C=O) groups is 1. The SMILES string of the molecule is NS(=O)(=O)OC[C@H]1C[C@@H](Nc2ncncc2C(=O)c2ccn(Cc3ccc(F)cc3)n2)C[C@@H]1O. The third-order valence-electron chi connectivity index (χ3n) is 5.53. The molecule has 180 valence electrons. The Morgan fingerprint density at radius 1 is 1.26 bits per heavy atom. The summed E-state index contributed by atoms with van der Waals surface area (Å²) < 4.78 is 41.3. The summed E-state index contributed by atoms with van der Waals surface area (Å²) in [6.07, 6.45) is 4.21. The van der Waals surface area contributed by atoms with Gasteiger partial charge in [-0.2, -0.15) is 13.5 Å². The summed E-state index contributed by atoms with van der Waals surface area (Å²) in [4.78, 5) is 21.2. The zero-order chi connectivity index (χ0) is 24.3. The molecule has 1 aliphatic rings. The van der Waals surface area contributed by atoms with Gasteiger partial charge in [-0.25, -0.2) is 19.5 Å². The quantitative estimate of drug-likeness (QED) is 0.369. The Kier molecular flexibility index (Phi) is 6.97. The van der Waals surface area contributed by atoms with E-state index in [1.54, 1.807) is 29.1 Å². The highest BCUT2D eigenvalue weighted by molar-refractivity contribution is 7.84. The molecule has 1 aromatic carbocycles. The van der Waals surface area contributed by atoms with Crippen LogP contribution in [0.5, 0.6) is 0 Å². The summed E-state index contributed by atoms with van der Waals surface area (Å²) >= 11 is 0. The second-order valence-corrected chi connectivity index (χ2v) is 9.28. The van der Waals surface area contributed by atoms with E-state index < -0.39 is 28.1 Å². The van der Waals surface area contributed by atoms with Crippen molar-refractivity contribution in [1.29, 1.82) is 0 Å². The van der Waals surface area contributed by atoms with Gasteiger partial charge < -0.3 is 10.4 Å². The van der Waals surface area contributed by atoms with Crippen LogP contribution >= 0.6 is 0 Å². The Morgan fingerprint density at radius 2 is 2.03 bits per heavy atom. The van der Waals surface area contributed by atoms with Gasteiger partial charge in [-0.1, -0.05) is 12.1 Å². The zero-order valence-corrected chi connectivity index (χ0v) is 18.7. The molecule has 34 heavy (non-hydrogen) atoms. The number of halogens is 1. The van der Waals surface area contributed by atoms with Crippen LogP contribution in [0.4, 0.5) is 10.2 Å². The molecule has 3 atom stereocenters. The van der Waals surface area contributed by atoms with E-state index in [9.17, 15) is 22.7 Å². The Labute approximate surface area is 195 Å². The van der Waals surface area contributed by atoms with Crippen LogP contribution in [0.2, 0.25) is 0 Å². The van der Waals surface area contributed by atoms with Crippen LogP contribution in [0, 0.1) is 11.7 Å². The average molecular weight is 491 g/mol. The molecule has 4 N–H and O–H groups in total. The maximum absolute atomic E-state index is 13.1. The van der Waals surface area contributed by atoms with E-state index in [0.717, 1.165) is 5.56 Å². The van der Waals surface area contributed by atoms with Crippen LogP contribution in [-0.4, -0.2) is 57.8 Å². The van der Waals surface area contributed by atoms with Gasteiger partial charge in [-0.3, -0.25) is 13.7 Å². The Hall–Kier alpha value is -3.26. The maximum Gasteiger partial charge on any atom is 0.333 e. The number of rotatable bonds is 9. The summed E-state index contributed by atoms with van der Waals surface area (Å²) in [6, 6.07) is 7.29. The summed E-state index contributed by atoms with van der Waals surface area (Å²) in [5.41, 5.74) is 1.22. The number of aliphatic hydroxyl groups is 1. The molecule has 0 saturated heterocycles. The number of anilines is 1. The van der Waals surface area contributed by atoms with E-state index in [1.165, 1.54) is 24.7 Å². The lowest BCUT2D eigenvalue weighted by Crippen LogP contribution is -2.24. The third kappa shape index (κ3) is 5.99. The molecule has 3 aromatic rings. The van der Waals surface area contributed by atoms with Crippen LogP contribution in [-0.2, 0) is 21.0 Å². The molecule has 4 rings (SSSR count). The molecule has 1 fully saturated rings. The van der Waals surface area contributed by atoms with Crippen molar-refractivity contribution >= 4 is 21.9 Å². The van der Waals surface area contributed by atoms with E-state index >= 15 is 0 Å². The van der Waals surface area contributed by atoms with Gasteiger partial charge in [0.05, 0.1) is 24.8 Å². The predicted molar refractivity (Wildman–Crippen MR) is 118 cm³/mol. The van der Waals surface area contributed by atoms with Crippen LogP contribution < -0.4 is 10.5 Å². The molecule has 0 radical (unpaired) electrons. The second-order valence-electron chi connectivity index (χ2n) is 8.06. The van der Waals surface area contributed by atoms with Crippen molar-refractivity contribution in [2.45, 2.75) is 31.5 Å². The molecule has 0 aliphatic heterocycles. The Balaban J connectivity index is 1.44. The van der Waals surface area contributed by atoms with Gasteiger partial charge in [-0.15, -0.1) is 0 Å². The van der Waals surface area contributed by atoms with Gasteiger partial charge in [-0.05, 0) is 36.6 Å². The number of hydrogen-bond donors (Lipinski definition) is 3. The van der Waals surface area contributed by atoms with Gasteiger partial charge in [0.2, 0.25) is 5.78 Å². The molecule has 2 heterocycles. The monoisotopic (exact) mass is 490 g/mol. The molecular formula is C21H23FN6O5S. The molecule has 0 amide bonds. The lowest BCUT2D eigenvalue weighted by Gasteiger charge is -2.15. The first kappa shape index (κ1) is 23.9. The molecule has 2 aromatic heterocycles. The maximum atomic E-state index is 13.1. The van der Waals surface area contributed by atoms with Gasteiger partial charge in [0.1, 0.15) is 23.7 Å². The van der Waals surface area contributed by atoms with Gasteiger partial charge in [0, 0.05) is 24.4 Å². The highest BCUT2D eigenvalue weighted by atomic mass is 32.2. The molecule has 0 bridgehead atoms. The fourth-order valence-electron chi connectivity index (χ4n) is 3.87. The number of nitrogens with one attached hydrogen (secondary N) is 1. The lowest BCUT2D eigenvalue weighted by molar-refractivity contribution is 0.101. The minimum absolute atomic E-state index is 0.186. The highest BCUT2D eigenvalue weighted by Gasteiger charge is 2.34. The van der Waals surface area contributed by atoms with Crippen molar-refractivity contribution in [3.8, 4) is 0 Å². The second kappa shape index (κ2) is 9.93. The van der Waals surface area contributed by atoms with E-state index in [-0.39, 0.29) is 35.5 Å². The van der Waals surface area contributed by atoms with Crippen molar-refractivity contribution < 1.29 is 26.9 Å². The van der Waals surface area contributed by atoms with Gasteiger partial charge >= 0.3 is 10.3 Å². The van der Waals surface area contributed by atoms with Crippen LogP contribution in [0.1, 0.15) is 34.5 Å². The van der Waals surface area contributed by atoms with Crippen LogP contribution in [0.3, 0.4) is 0 Å². The first-order valence-corrected chi connectivity index (χ1v) is 11.9. The number of nitrogens with zero attached hydrogens (tertiary/aromatic N) is 4. The van der Waals surface area contributed by atoms with Gasteiger partial charge in [0.15, 0.2) is 0 Å². The number of nitrogens with two attached hydrogens (primary N) is 1. The number of aromatic nitrogens is 4. The number of aliphatic hydroxyl groups excluding tert-OH is 1. The first-order valence-electron chi connectivity index (χ1n) is 10.4. The van der Waals surface area contributed by atoms with Crippen LogP contribution in [0.15, 0.2) is 49.1 Å². The molecule has 13 heteroatoms. The van der Waals surface area contributed by atoms with Crippen molar-refractivity contribution in [2.24, 2.45) is 11.1 Å². The largest absolute Gasteiger partial charge is 0.393 e. The van der Waals surface area contributed by atoms with Crippen LogP contribution in [0.25, 0.3) is 0 Å². The van der Waals surface area contributed by atoms with Crippen molar-refractivity contribution in [3.63, 3.8) is 0 Å². The van der Waals surface area contributed by atoms with E-state index in [2.05, 4.69) is 24.6 Å². The Morgan fingerprint density at radius 3 is 2.76 bits per heavy atom. The Bertz CT molecular complexity index is 1270. The number of ketones is 1. The fourth-order valence-corrected chi connectivity index (χ4v) is 4.24. The van der Waals surface area contributed by atoms with Crippen molar-refractivity contribution in [3.05, 3.63) is 71.7 Å². The minimum Gasteiger partial charge on any atom is -0.393 e. The van der Waals surface area contributed by atoms with E-state index in [1.807, 2.05) is 0 Å². The zero-order valence-electron chi connectivity index (χ0n) is 17.9. The predicted octanol–water partition coefficient (Wildman–Crippen LogP) is 0.863. The molecule has 1 aliphatic carbocycles. The number of benzene rings is 1. The van der Waals surface area contributed by atoms with Gasteiger partial charge in [0.25, 0.3) is 0 Å². The smallest absolute Gasteiger partial charge is 0.333 e. The average Bonchev–Trinajstić information content (AvgIpc) is 3.39. The molecule has 0 spiro atoms. The van der Waals surface area contributed by atoms with Crippen molar-refractivity contribution in [2.75, 3.05) is 11.9 Å². The molecule has 0 unspecified atom stereocenters. The molecule has 11 nitrogen and oxygen atoms in total. The number of hydrogen-bond acceptors (Lipinski definition) is 9. The number of carbonyl (C=O) groups excluding carboxylic acids is 1. The van der Waals surface area contributed by atoms with E-state index in [4.69, 9.17) is 5.14 Å². The standard InChI is InChI=1S/C21H23FN6O5S/c22-15-3-1-13(2-4-15)10-28-6-5-18(27-28)20(30)17-9-24-12-25-21(17)26-16-7-14(19(29)8-16)11-33-34(23,31)32/h1-6,9,12,14,16,19,29H,7-8,10-11H2,(H2,23,31,32)(H,24,25,26)/t14-,16-,19+/m1/s1. The van der Waals surface area contributed by atoms with E-state index in [0.29, 0.717) is 19.4 Å². The normalized spacial score (nSPS) is 20.4. The summed E-state index contributed by atoms with van der Waals surface area (Å²) in [7, 11) is -4.10. The third-order valence-corrected chi connectivity index (χ3v) is 6.00. The molecule has 1 saturated carbocycles. The summed E-state index contributed by atoms with van der Waals surface area (Å²) in [6.45, 7) is 0.130. The highest BCUT2D eigenvalue weighted by Crippen LogP contribution is 2.30. The van der Waals surface area contributed by atoms with Crippen molar-refractivity contribution in [1.82, 2.24) is 19.7 Å². The lowest BCUT2D eigenvalue weighted by atomic mass is 10.1.